The van der Waals surface area contributed by atoms with Gasteiger partial charge in [0.25, 0.3) is 5.69 Å². The van der Waals surface area contributed by atoms with E-state index < -0.39 is 4.92 Å². The molecular formula is C13H21N3O3. The Balaban J connectivity index is 2.53. The van der Waals surface area contributed by atoms with Crippen molar-refractivity contribution in [1.82, 2.24) is 4.90 Å². The predicted octanol–water partition coefficient (Wildman–Crippen LogP) is 2.36. The number of hydrogen-bond acceptors (Lipinski definition) is 5. The Morgan fingerprint density at radius 3 is 2.63 bits per heavy atom. The third-order valence-corrected chi connectivity index (χ3v) is 2.70. The zero-order valence-corrected chi connectivity index (χ0v) is 11.7. The molecule has 0 aliphatic rings. The normalized spacial score (nSPS) is 10.5. The summed E-state index contributed by atoms with van der Waals surface area (Å²) in [5.41, 5.74) is 0.756. The lowest BCUT2D eigenvalue weighted by molar-refractivity contribution is -0.384. The van der Waals surface area contributed by atoms with Crippen LogP contribution in [-0.2, 0) is 0 Å². The van der Waals surface area contributed by atoms with E-state index in [9.17, 15) is 10.1 Å². The quantitative estimate of drug-likeness (QED) is 0.445. The minimum atomic E-state index is -0.417. The Kier molecular flexibility index (Phi) is 6.08. The summed E-state index contributed by atoms with van der Waals surface area (Å²) in [6.45, 7) is 1.83. The summed E-state index contributed by atoms with van der Waals surface area (Å²) in [5.74, 6) is 0.491. The summed E-state index contributed by atoms with van der Waals surface area (Å²) in [6.07, 6.45) is 2.11. The van der Waals surface area contributed by atoms with Crippen LogP contribution < -0.4 is 10.1 Å². The topological polar surface area (TPSA) is 67.6 Å². The molecule has 0 amide bonds. The number of nitrogens with one attached hydrogen (secondary N) is 1. The fourth-order valence-corrected chi connectivity index (χ4v) is 1.69. The molecule has 0 aromatic heterocycles. The van der Waals surface area contributed by atoms with Crippen molar-refractivity contribution in [3.05, 3.63) is 28.3 Å². The second-order valence-corrected chi connectivity index (χ2v) is 4.61. The zero-order valence-electron chi connectivity index (χ0n) is 11.7. The molecule has 1 aromatic carbocycles. The summed E-state index contributed by atoms with van der Waals surface area (Å²) < 4.78 is 5.05. The van der Waals surface area contributed by atoms with Gasteiger partial charge in [-0.1, -0.05) is 0 Å². The highest BCUT2D eigenvalue weighted by atomic mass is 16.6. The highest BCUT2D eigenvalue weighted by molar-refractivity contribution is 5.56. The van der Waals surface area contributed by atoms with Crippen molar-refractivity contribution in [2.24, 2.45) is 0 Å². The fourth-order valence-electron chi connectivity index (χ4n) is 1.69. The third kappa shape index (κ3) is 5.56. The highest BCUT2D eigenvalue weighted by Gasteiger charge is 2.09. The molecule has 1 aromatic rings. The predicted molar refractivity (Wildman–Crippen MR) is 75.9 cm³/mol. The number of unbranched alkanes of at least 4 members (excludes halogenated alkanes) is 1. The molecule has 0 atom stereocenters. The molecule has 6 nitrogen and oxygen atoms in total. The number of rotatable bonds is 8. The van der Waals surface area contributed by atoms with Gasteiger partial charge in [-0.3, -0.25) is 10.1 Å². The van der Waals surface area contributed by atoms with Crippen LogP contribution >= 0.6 is 0 Å². The number of anilines is 1. The molecule has 0 aliphatic carbocycles. The van der Waals surface area contributed by atoms with Crippen LogP contribution in [0.3, 0.4) is 0 Å². The molecule has 0 saturated heterocycles. The van der Waals surface area contributed by atoms with E-state index in [2.05, 4.69) is 10.2 Å². The molecule has 0 bridgehead atoms. The van der Waals surface area contributed by atoms with Crippen molar-refractivity contribution >= 4 is 11.4 Å². The molecule has 0 radical (unpaired) electrons. The Bertz CT molecular complexity index is 422. The van der Waals surface area contributed by atoms with Crippen LogP contribution in [0.5, 0.6) is 5.75 Å². The van der Waals surface area contributed by atoms with Crippen LogP contribution in [0.4, 0.5) is 11.4 Å². The van der Waals surface area contributed by atoms with Crippen molar-refractivity contribution in [2.45, 2.75) is 12.8 Å². The highest BCUT2D eigenvalue weighted by Crippen LogP contribution is 2.25. The lowest BCUT2D eigenvalue weighted by Crippen LogP contribution is -2.14. The molecule has 0 aliphatic heterocycles. The second kappa shape index (κ2) is 7.58. The Labute approximate surface area is 113 Å². The Hall–Kier alpha value is -1.82. The van der Waals surface area contributed by atoms with Crippen LogP contribution in [0, 0.1) is 10.1 Å². The van der Waals surface area contributed by atoms with Crippen molar-refractivity contribution in [2.75, 3.05) is 39.6 Å². The maximum absolute atomic E-state index is 10.8. The average molecular weight is 267 g/mol. The van der Waals surface area contributed by atoms with Gasteiger partial charge in [-0.05, 0) is 33.5 Å². The van der Waals surface area contributed by atoms with E-state index in [-0.39, 0.29) is 5.69 Å². The maximum Gasteiger partial charge on any atom is 0.275 e. The number of hydrogen-bond donors (Lipinski definition) is 1. The number of nitro groups is 1. The van der Waals surface area contributed by atoms with Gasteiger partial charge in [0.2, 0.25) is 0 Å². The SMILES string of the molecule is COc1cc(NCCCCN(C)C)cc([N+](=O)[O-])c1. The minimum absolute atomic E-state index is 0.0372. The molecule has 0 heterocycles. The first-order chi connectivity index (χ1) is 9.02. The Morgan fingerprint density at radius 1 is 1.32 bits per heavy atom. The van der Waals surface area contributed by atoms with Gasteiger partial charge >= 0.3 is 0 Å². The second-order valence-electron chi connectivity index (χ2n) is 4.61. The van der Waals surface area contributed by atoms with Gasteiger partial charge in [0.1, 0.15) is 5.75 Å². The summed E-state index contributed by atoms with van der Waals surface area (Å²) in [5, 5.41) is 14.0. The number of non-ortho nitro benzene ring substituents is 1. The largest absolute Gasteiger partial charge is 0.496 e. The van der Waals surface area contributed by atoms with Gasteiger partial charge in [-0.2, -0.15) is 0 Å². The smallest absolute Gasteiger partial charge is 0.275 e. The molecule has 1 N–H and O–H groups in total. The number of ether oxygens (including phenoxy) is 1. The van der Waals surface area contributed by atoms with Gasteiger partial charge < -0.3 is 15.0 Å². The van der Waals surface area contributed by atoms with E-state index in [1.807, 2.05) is 14.1 Å². The van der Waals surface area contributed by atoms with Gasteiger partial charge in [0.15, 0.2) is 0 Å². The average Bonchev–Trinajstić information content (AvgIpc) is 2.37. The lowest BCUT2D eigenvalue weighted by Gasteiger charge is -2.10. The zero-order chi connectivity index (χ0) is 14.3. The Morgan fingerprint density at radius 2 is 2.05 bits per heavy atom. The molecule has 0 saturated carbocycles. The van der Waals surface area contributed by atoms with Crippen LogP contribution in [0.2, 0.25) is 0 Å². The summed E-state index contributed by atoms with van der Waals surface area (Å²) in [7, 11) is 5.58. The van der Waals surface area contributed by atoms with Crippen molar-refractivity contribution in [1.29, 1.82) is 0 Å². The van der Waals surface area contributed by atoms with E-state index in [4.69, 9.17) is 4.74 Å². The molecule has 6 heteroatoms. The van der Waals surface area contributed by atoms with E-state index in [0.29, 0.717) is 5.75 Å². The minimum Gasteiger partial charge on any atom is -0.496 e. The van der Waals surface area contributed by atoms with Crippen molar-refractivity contribution in [3.63, 3.8) is 0 Å². The van der Waals surface area contributed by atoms with Crippen LogP contribution in [0.1, 0.15) is 12.8 Å². The molecule has 106 valence electrons. The number of benzene rings is 1. The molecule has 1 rings (SSSR count). The number of methoxy groups -OCH3 is 1. The van der Waals surface area contributed by atoms with Gasteiger partial charge in [0.05, 0.1) is 18.1 Å². The molecule has 19 heavy (non-hydrogen) atoms. The summed E-state index contributed by atoms with van der Waals surface area (Å²) >= 11 is 0. The van der Waals surface area contributed by atoms with E-state index in [1.165, 1.54) is 19.2 Å². The molecule has 0 spiro atoms. The number of nitrogens with zero attached hydrogens (tertiary/aromatic N) is 2. The maximum atomic E-state index is 10.8. The van der Waals surface area contributed by atoms with E-state index in [0.717, 1.165) is 31.6 Å². The molecule has 0 fully saturated rings. The fraction of sp³-hybridized carbons (Fsp3) is 0.538. The summed E-state index contributed by atoms with van der Waals surface area (Å²) in [4.78, 5) is 12.5. The standard InChI is InChI=1S/C13H21N3O3/c1-15(2)7-5-4-6-14-11-8-12(16(17)18)10-13(9-11)19-3/h8-10,14H,4-7H2,1-3H3. The van der Waals surface area contributed by atoms with E-state index >= 15 is 0 Å². The third-order valence-electron chi connectivity index (χ3n) is 2.70. The monoisotopic (exact) mass is 267 g/mol. The molecule has 0 unspecified atom stereocenters. The van der Waals surface area contributed by atoms with Crippen molar-refractivity contribution < 1.29 is 9.66 Å². The van der Waals surface area contributed by atoms with Crippen LogP contribution in [-0.4, -0.2) is 44.1 Å². The van der Waals surface area contributed by atoms with Gasteiger partial charge in [0, 0.05) is 24.4 Å². The molecular weight excluding hydrogens is 246 g/mol. The first-order valence-electron chi connectivity index (χ1n) is 6.25. The first-order valence-corrected chi connectivity index (χ1v) is 6.25. The van der Waals surface area contributed by atoms with Crippen molar-refractivity contribution in [3.8, 4) is 5.75 Å². The summed E-state index contributed by atoms with van der Waals surface area (Å²) in [6, 6.07) is 4.70. The number of nitro benzene ring substituents is 1. The first kappa shape index (κ1) is 15.2. The van der Waals surface area contributed by atoms with Gasteiger partial charge in [-0.15, -0.1) is 0 Å². The van der Waals surface area contributed by atoms with E-state index in [1.54, 1.807) is 6.07 Å². The van der Waals surface area contributed by atoms with Gasteiger partial charge in [-0.25, -0.2) is 0 Å². The van der Waals surface area contributed by atoms with Crippen LogP contribution in [0.15, 0.2) is 18.2 Å². The lowest BCUT2D eigenvalue weighted by atomic mass is 10.2. The van der Waals surface area contributed by atoms with Crippen LogP contribution in [0.25, 0.3) is 0 Å².